The zero-order valence-corrected chi connectivity index (χ0v) is 19.3. The van der Waals surface area contributed by atoms with E-state index in [1.165, 1.54) is 37.8 Å². The van der Waals surface area contributed by atoms with Crippen molar-refractivity contribution in [2.24, 2.45) is 0 Å². The Kier molecular flexibility index (Phi) is 9.95. The standard InChI is InChI=1S/C22H30O7S2/c1-2-3-4-5-6-7-8-12-18-28-31(26,27)21-17-13-16-20(22(21)30(23,24)25)29-19-14-10-9-11-15-19/h9-11,13-17H,2-8,12,18H2,1H3,(H,23,24,25). The molecule has 2 aromatic carbocycles. The molecule has 1 N–H and O–H groups in total. The molecule has 0 amide bonds. The molecule has 0 unspecified atom stereocenters. The number of rotatable bonds is 14. The van der Waals surface area contributed by atoms with E-state index in [0.29, 0.717) is 12.2 Å². The lowest BCUT2D eigenvalue weighted by atomic mass is 10.1. The van der Waals surface area contributed by atoms with Crippen molar-refractivity contribution in [2.45, 2.75) is 68.1 Å². The first-order valence-electron chi connectivity index (χ1n) is 10.5. The lowest BCUT2D eigenvalue weighted by Gasteiger charge is -2.14. The van der Waals surface area contributed by atoms with Crippen LogP contribution < -0.4 is 4.74 Å². The Morgan fingerprint density at radius 3 is 2.00 bits per heavy atom. The van der Waals surface area contributed by atoms with Crippen molar-refractivity contribution < 1.29 is 30.3 Å². The van der Waals surface area contributed by atoms with Crippen molar-refractivity contribution in [1.29, 1.82) is 0 Å². The second-order valence-electron chi connectivity index (χ2n) is 7.22. The molecule has 0 spiro atoms. The molecule has 0 saturated carbocycles. The molecule has 2 aromatic rings. The Balaban J connectivity index is 2.07. The fourth-order valence-electron chi connectivity index (χ4n) is 3.11. The molecule has 7 nitrogen and oxygen atoms in total. The van der Waals surface area contributed by atoms with Crippen LogP contribution in [0.25, 0.3) is 0 Å². The van der Waals surface area contributed by atoms with E-state index in [1.807, 2.05) is 0 Å². The summed E-state index contributed by atoms with van der Waals surface area (Å²) in [4.78, 5) is -1.49. The first-order valence-corrected chi connectivity index (χ1v) is 13.3. The molecule has 0 radical (unpaired) electrons. The minimum atomic E-state index is -4.90. The summed E-state index contributed by atoms with van der Waals surface area (Å²) in [5.74, 6) is -0.00717. The highest BCUT2D eigenvalue weighted by molar-refractivity contribution is 7.89. The predicted molar refractivity (Wildman–Crippen MR) is 119 cm³/mol. The van der Waals surface area contributed by atoms with E-state index in [0.717, 1.165) is 25.3 Å². The van der Waals surface area contributed by atoms with E-state index >= 15 is 0 Å². The van der Waals surface area contributed by atoms with Gasteiger partial charge in [-0.25, -0.2) is 0 Å². The van der Waals surface area contributed by atoms with Gasteiger partial charge in [0, 0.05) is 0 Å². The second kappa shape index (κ2) is 12.2. The van der Waals surface area contributed by atoms with Gasteiger partial charge in [0.25, 0.3) is 20.2 Å². The Labute approximate surface area is 185 Å². The number of unbranched alkanes of at least 4 members (excludes halogenated alkanes) is 7. The van der Waals surface area contributed by atoms with Gasteiger partial charge in [-0.15, -0.1) is 0 Å². The van der Waals surface area contributed by atoms with Crippen LogP contribution in [0.5, 0.6) is 11.5 Å². The molecule has 0 aliphatic carbocycles. The molecule has 31 heavy (non-hydrogen) atoms. The largest absolute Gasteiger partial charge is 0.456 e. The van der Waals surface area contributed by atoms with Gasteiger partial charge in [0.05, 0.1) is 6.61 Å². The van der Waals surface area contributed by atoms with E-state index in [-0.39, 0.29) is 12.4 Å². The van der Waals surface area contributed by atoms with Crippen LogP contribution in [0.4, 0.5) is 0 Å². The van der Waals surface area contributed by atoms with Crippen LogP contribution in [0.3, 0.4) is 0 Å². The lowest BCUT2D eigenvalue weighted by Crippen LogP contribution is -2.14. The first-order chi connectivity index (χ1) is 14.8. The Morgan fingerprint density at radius 1 is 0.774 bits per heavy atom. The molecule has 0 bridgehead atoms. The summed E-state index contributed by atoms with van der Waals surface area (Å²) < 4.78 is 69.5. The summed E-state index contributed by atoms with van der Waals surface area (Å²) in [6, 6.07) is 11.9. The molecule has 0 aromatic heterocycles. The summed E-state index contributed by atoms with van der Waals surface area (Å²) in [7, 11) is -9.31. The molecule has 2 rings (SSSR count). The van der Waals surface area contributed by atoms with E-state index in [4.69, 9.17) is 8.92 Å². The molecule has 172 valence electrons. The van der Waals surface area contributed by atoms with Crippen LogP contribution in [0.15, 0.2) is 58.3 Å². The quantitative estimate of drug-likeness (QED) is 0.218. The van der Waals surface area contributed by atoms with Gasteiger partial charge in [-0.2, -0.15) is 16.8 Å². The highest BCUT2D eigenvalue weighted by Gasteiger charge is 2.30. The Hall–Kier alpha value is -1.94. The number of hydrogen-bond donors (Lipinski definition) is 1. The predicted octanol–water partition coefficient (Wildman–Crippen LogP) is 5.57. The third kappa shape index (κ3) is 8.25. The van der Waals surface area contributed by atoms with Crippen LogP contribution in [0, 0.1) is 0 Å². The summed E-state index contributed by atoms with van der Waals surface area (Å²) in [5, 5.41) is 0. The van der Waals surface area contributed by atoms with E-state index in [1.54, 1.807) is 30.3 Å². The number of para-hydroxylation sites is 1. The zero-order chi connectivity index (χ0) is 22.7. The third-order valence-corrected chi connectivity index (χ3v) is 7.10. The van der Waals surface area contributed by atoms with Gasteiger partial charge in [-0.05, 0) is 30.7 Å². The summed E-state index contributed by atoms with van der Waals surface area (Å²) in [6.45, 7) is 2.10. The average molecular weight is 471 g/mol. The van der Waals surface area contributed by atoms with E-state index < -0.39 is 30.0 Å². The Bertz CT molecular complexity index is 1020. The molecule has 0 aliphatic heterocycles. The van der Waals surface area contributed by atoms with E-state index in [2.05, 4.69) is 6.92 Å². The molecular weight excluding hydrogens is 440 g/mol. The number of ether oxygens (including phenoxy) is 1. The molecule has 0 aliphatic rings. The van der Waals surface area contributed by atoms with Gasteiger partial charge in [0.15, 0.2) is 4.90 Å². The minimum Gasteiger partial charge on any atom is -0.456 e. The van der Waals surface area contributed by atoms with E-state index in [9.17, 15) is 21.4 Å². The maximum absolute atomic E-state index is 12.7. The maximum atomic E-state index is 12.7. The summed E-state index contributed by atoms with van der Waals surface area (Å²) >= 11 is 0. The topological polar surface area (TPSA) is 107 Å². The van der Waals surface area contributed by atoms with Gasteiger partial charge in [0.2, 0.25) is 0 Å². The highest BCUT2D eigenvalue weighted by atomic mass is 32.2. The van der Waals surface area contributed by atoms with Gasteiger partial charge in [-0.1, -0.05) is 76.1 Å². The van der Waals surface area contributed by atoms with Crippen molar-refractivity contribution in [2.75, 3.05) is 6.61 Å². The summed E-state index contributed by atoms with van der Waals surface area (Å²) in [5.41, 5.74) is 0. The van der Waals surface area contributed by atoms with Crippen molar-refractivity contribution in [1.82, 2.24) is 0 Å². The van der Waals surface area contributed by atoms with Crippen molar-refractivity contribution in [3.05, 3.63) is 48.5 Å². The molecule has 0 atom stereocenters. The van der Waals surface area contributed by atoms with Crippen molar-refractivity contribution in [3.63, 3.8) is 0 Å². The molecular formula is C22H30O7S2. The SMILES string of the molecule is CCCCCCCCCCOS(=O)(=O)c1cccc(Oc2ccccc2)c1S(=O)(=O)O. The second-order valence-corrected chi connectivity index (χ2v) is 10.2. The van der Waals surface area contributed by atoms with Crippen LogP contribution >= 0.6 is 0 Å². The zero-order valence-electron chi connectivity index (χ0n) is 17.7. The fourth-order valence-corrected chi connectivity index (χ4v) is 5.46. The highest BCUT2D eigenvalue weighted by Crippen LogP contribution is 2.34. The third-order valence-electron chi connectivity index (χ3n) is 4.68. The van der Waals surface area contributed by atoms with Gasteiger partial charge in [0.1, 0.15) is 16.4 Å². The van der Waals surface area contributed by atoms with Gasteiger partial charge in [-0.3, -0.25) is 8.74 Å². The maximum Gasteiger partial charge on any atom is 0.299 e. The van der Waals surface area contributed by atoms with Crippen molar-refractivity contribution >= 4 is 20.2 Å². The van der Waals surface area contributed by atoms with Crippen molar-refractivity contribution in [3.8, 4) is 11.5 Å². The fraction of sp³-hybridized carbons (Fsp3) is 0.455. The number of hydrogen-bond acceptors (Lipinski definition) is 6. The van der Waals surface area contributed by atoms with Crippen LogP contribution in [-0.4, -0.2) is 28.0 Å². The number of benzene rings is 2. The van der Waals surface area contributed by atoms with Gasteiger partial charge >= 0.3 is 0 Å². The average Bonchev–Trinajstić information content (AvgIpc) is 2.72. The Morgan fingerprint density at radius 2 is 1.39 bits per heavy atom. The monoisotopic (exact) mass is 470 g/mol. The minimum absolute atomic E-state index is 0.0635. The van der Waals surface area contributed by atoms with Crippen LogP contribution in [0.2, 0.25) is 0 Å². The first kappa shape index (κ1) is 25.3. The van der Waals surface area contributed by atoms with Gasteiger partial charge < -0.3 is 4.74 Å². The normalized spacial score (nSPS) is 12.1. The summed E-state index contributed by atoms with van der Waals surface area (Å²) in [6.07, 6.45) is 8.24. The van der Waals surface area contributed by atoms with Crippen LogP contribution in [0.1, 0.15) is 58.3 Å². The van der Waals surface area contributed by atoms with Crippen LogP contribution in [-0.2, 0) is 24.4 Å². The molecule has 9 heteroatoms. The smallest absolute Gasteiger partial charge is 0.299 e. The molecule has 0 fully saturated rings. The lowest BCUT2D eigenvalue weighted by molar-refractivity contribution is 0.304. The molecule has 0 saturated heterocycles. The molecule has 0 heterocycles.